The molecule has 18 heavy (non-hydrogen) atoms. The van der Waals surface area contributed by atoms with Gasteiger partial charge in [0.25, 0.3) is 0 Å². The third kappa shape index (κ3) is 2.87. The van der Waals surface area contributed by atoms with Crippen LogP contribution >= 0.6 is 11.8 Å². The Kier molecular flexibility index (Phi) is 3.62. The molecule has 2 rings (SSSR count). The number of carboxylic acid groups (broad SMARTS) is 1. The van der Waals surface area contributed by atoms with Gasteiger partial charge in [0.2, 0.25) is 0 Å². The monoisotopic (exact) mass is 263 g/mol. The third-order valence-corrected chi connectivity index (χ3v) is 3.27. The molecule has 5 heteroatoms. The number of benzene rings is 1. The third-order valence-electron chi connectivity index (χ3n) is 2.26. The number of hydrogen-bond acceptors (Lipinski definition) is 3. The molecule has 0 atom stereocenters. The number of aryl methyl sites for hydroxylation is 1. The van der Waals surface area contributed by atoms with Gasteiger partial charge >= 0.3 is 5.97 Å². The van der Waals surface area contributed by atoms with E-state index in [1.807, 2.05) is 0 Å². The van der Waals surface area contributed by atoms with Crippen molar-refractivity contribution in [2.45, 2.75) is 16.8 Å². The number of aromatic carboxylic acids is 1. The molecule has 1 aromatic carbocycles. The summed E-state index contributed by atoms with van der Waals surface area (Å²) < 4.78 is 12.8. The lowest BCUT2D eigenvalue weighted by Crippen LogP contribution is -2.01. The van der Waals surface area contributed by atoms with Crippen molar-refractivity contribution in [2.24, 2.45) is 0 Å². The molecule has 0 spiro atoms. The molecule has 0 aliphatic carbocycles. The molecule has 2 aromatic rings. The summed E-state index contributed by atoms with van der Waals surface area (Å²) in [5.41, 5.74) is 0.888. The summed E-state index contributed by atoms with van der Waals surface area (Å²) in [6.45, 7) is 1.79. The van der Waals surface area contributed by atoms with Crippen LogP contribution in [-0.4, -0.2) is 16.1 Å². The Hall–Kier alpha value is -1.88. The van der Waals surface area contributed by atoms with Crippen molar-refractivity contribution in [2.75, 3.05) is 0 Å². The van der Waals surface area contributed by atoms with Gasteiger partial charge in [0.05, 0.1) is 5.56 Å². The minimum Gasteiger partial charge on any atom is -0.478 e. The average molecular weight is 263 g/mol. The summed E-state index contributed by atoms with van der Waals surface area (Å²) in [6.07, 6.45) is 0. The molecule has 0 bridgehead atoms. The van der Waals surface area contributed by atoms with E-state index in [2.05, 4.69) is 4.98 Å². The lowest BCUT2D eigenvalue weighted by atomic mass is 10.2. The smallest absolute Gasteiger partial charge is 0.338 e. The molecule has 3 nitrogen and oxygen atoms in total. The van der Waals surface area contributed by atoms with Gasteiger partial charge in [-0.1, -0.05) is 11.8 Å². The highest BCUT2D eigenvalue weighted by molar-refractivity contribution is 7.99. The van der Waals surface area contributed by atoms with Crippen LogP contribution in [0.1, 0.15) is 16.1 Å². The van der Waals surface area contributed by atoms with Crippen LogP contribution in [0.15, 0.2) is 46.3 Å². The normalized spacial score (nSPS) is 10.3. The van der Waals surface area contributed by atoms with Crippen LogP contribution in [0.25, 0.3) is 0 Å². The van der Waals surface area contributed by atoms with Gasteiger partial charge in [0.15, 0.2) is 0 Å². The lowest BCUT2D eigenvalue weighted by Gasteiger charge is -2.05. The highest BCUT2D eigenvalue weighted by Crippen LogP contribution is 2.29. The number of halogens is 1. The van der Waals surface area contributed by atoms with Crippen molar-refractivity contribution in [3.63, 3.8) is 0 Å². The topological polar surface area (TPSA) is 50.2 Å². The number of pyridine rings is 1. The zero-order chi connectivity index (χ0) is 13.1. The highest BCUT2D eigenvalue weighted by Gasteiger charge is 2.12. The van der Waals surface area contributed by atoms with Gasteiger partial charge in [-0.2, -0.15) is 0 Å². The van der Waals surface area contributed by atoms with Gasteiger partial charge in [0, 0.05) is 10.6 Å². The molecule has 1 N–H and O–H groups in total. The van der Waals surface area contributed by atoms with Crippen LogP contribution in [0.2, 0.25) is 0 Å². The first-order valence-electron chi connectivity index (χ1n) is 5.20. The van der Waals surface area contributed by atoms with Crippen molar-refractivity contribution in [1.29, 1.82) is 0 Å². The second-order valence-corrected chi connectivity index (χ2v) is 4.73. The fourth-order valence-electron chi connectivity index (χ4n) is 1.39. The number of rotatable bonds is 3. The number of aromatic nitrogens is 1. The second kappa shape index (κ2) is 5.18. The minimum atomic E-state index is -1.02. The van der Waals surface area contributed by atoms with Gasteiger partial charge in [-0.25, -0.2) is 14.2 Å². The Morgan fingerprint density at radius 2 is 1.89 bits per heavy atom. The molecular weight excluding hydrogens is 253 g/mol. The Morgan fingerprint density at radius 1 is 1.22 bits per heavy atom. The SMILES string of the molecule is Cc1ccc(C(=O)O)c(Sc2ccc(F)cc2)n1. The van der Waals surface area contributed by atoms with Crippen LogP contribution in [-0.2, 0) is 0 Å². The van der Waals surface area contributed by atoms with Gasteiger partial charge < -0.3 is 5.11 Å². The molecule has 0 saturated carbocycles. The number of hydrogen-bond donors (Lipinski definition) is 1. The van der Waals surface area contributed by atoms with E-state index in [4.69, 9.17) is 5.11 Å². The summed E-state index contributed by atoms with van der Waals surface area (Å²) in [7, 11) is 0. The molecule has 0 radical (unpaired) electrons. The molecule has 0 aliphatic heterocycles. The molecular formula is C13H10FNO2S. The average Bonchev–Trinajstić information content (AvgIpc) is 2.32. The number of carbonyl (C=O) groups is 1. The van der Waals surface area contributed by atoms with Gasteiger partial charge in [-0.05, 0) is 43.3 Å². The molecule has 0 saturated heterocycles. The predicted octanol–water partition coefficient (Wildman–Crippen LogP) is 3.38. The fraction of sp³-hybridized carbons (Fsp3) is 0.0769. The summed E-state index contributed by atoms with van der Waals surface area (Å²) in [5.74, 6) is -1.35. The largest absolute Gasteiger partial charge is 0.478 e. The molecule has 0 amide bonds. The van der Waals surface area contributed by atoms with Gasteiger partial charge in [-0.15, -0.1) is 0 Å². The maximum Gasteiger partial charge on any atom is 0.338 e. The zero-order valence-corrected chi connectivity index (χ0v) is 10.4. The summed E-state index contributed by atoms with van der Waals surface area (Å²) in [4.78, 5) is 16.0. The van der Waals surface area contributed by atoms with Crippen LogP contribution in [0.3, 0.4) is 0 Å². The summed E-state index contributed by atoms with van der Waals surface area (Å²) >= 11 is 1.21. The van der Waals surface area contributed by atoms with Crippen molar-refractivity contribution in [3.05, 3.63) is 53.5 Å². The van der Waals surface area contributed by atoms with Crippen LogP contribution < -0.4 is 0 Å². The van der Waals surface area contributed by atoms with E-state index in [0.717, 1.165) is 10.6 Å². The first kappa shape index (κ1) is 12.6. The van der Waals surface area contributed by atoms with E-state index < -0.39 is 5.97 Å². The Labute approximate surface area is 108 Å². The lowest BCUT2D eigenvalue weighted by molar-refractivity contribution is 0.0692. The molecule has 1 aromatic heterocycles. The number of carboxylic acids is 1. The standard InChI is InChI=1S/C13H10FNO2S/c1-8-2-7-11(13(16)17)12(15-8)18-10-5-3-9(14)4-6-10/h2-7H,1H3,(H,16,17). The Bertz CT molecular complexity index is 584. The van der Waals surface area contributed by atoms with E-state index in [1.54, 1.807) is 25.1 Å². The molecule has 0 fully saturated rings. The van der Waals surface area contributed by atoms with Crippen LogP contribution in [0.5, 0.6) is 0 Å². The first-order valence-corrected chi connectivity index (χ1v) is 6.02. The number of nitrogens with zero attached hydrogens (tertiary/aromatic N) is 1. The first-order chi connectivity index (χ1) is 8.56. The van der Waals surface area contributed by atoms with E-state index in [1.165, 1.54) is 30.0 Å². The molecule has 0 aliphatic rings. The Balaban J connectivity index is 2.35. The van der Waals surface area contributed by atoms with E-state index in [0.29, 0.717) is 5.03 Å². The maximum atomic E-state index is 12.8. The van der Waals surface area contributed by atoms with Gasteiger partial charge in [-0.3, -0.25) is 0 Å². The van der Waals surface area contributed by atoms with E-state index in [-0.39, 0.29) is 11.4 Å². The minimum absolute atomic E-state index is 0.148. The highest BCUT2D eigenvalue weighted by atomic mass is 32.2. The zero-order valence-electron chi connectivity index (χ0n) is 9.55. The van der Waals surface area contributed by atoms with Crippen molar-refractivity contribution < 1.29 is 14.3 Å². The van der Waals surface area contributed by atoms with Crippen LogP contribution in [0, 0.1) is 12.7 Å². The molecule has 0 unspecified atom stereocenters. The second-order valence-electron chi connectivity index (χ2n) is 3.67. The Morgan fingerprint density at radius 3 is 2.50 bits per heavy atom. The molecule has 92 valence electrons. The van der Waals surface area contributed by atoms with Crippen molar-refractivity contribution >= 4 is 17.7 Å². The van der Waals surface area contributed by atoms with E-state index >= 15 is 0 Å². The van der Waals surface area contributed by atoms with Gasteiger partial charge in [0.1, 0.15) is 10.8 Å². The summed E-state index contributed by atoms with van der Waals surface area (Å²) in [6, 6.07) is 9.02. The van der Waals surface area contributed by atoms with Crippen molar-refractivity contribution in [1.82, 2.24) is 4.98 Å². The van der Waals surface area contributed by atoms with E-state index in [9.17, 15) is 9.18 Å². The van der Waals surface area contributed by atoms with Crippen LogP contribution in [0.4, 0.5) is 4.39 Å². The fourth-order valence-corrected chi connectivity index (χ4v) is 2.34. The van der Waals surface area contributed by atoms with Crippen molar-refractivity contribution in [3.8, 4) is 0 Å². The predicted molar refractivity (Wildman–Crippen MR) is 66.5 cm³/mol. The maximum absolute atomic E-state index is 12.8. The quantitative estimate of drug-likeness (QED) is 0.922. The molecule has 1 heterocycles. The summed E-state index contributed by atoms with van der Waals surface area (Å²) in [5, 5.41) is 9.48.